The van der Waals surface area contributed by atoms with Gasteiger partial charge < -0.3 is 4.42 Å². The number of fused-ring (bicyclic) bond motifs is 9. The van der Waals surface area contributed by atoms with Gasteiger partial charge in [-0.05, 0) is 63.2 Å². The van der Waals surface area contributed by atoms with Crippen LogP contribution in [0.4, 0.5) is 0 Å². The zero-order valence-corrected chi connectivity index (χ0v) is 23.3. The molecule has 0 radical (unpaired) electrons. The minimum atomic E-state index is 0.0717. The second-order valence-electron chi connectivity index (χ2n) is 11.9. The maximum absolute atomic E-state index is 6.19. The van der Waals surface area contributed by atoms with Crippen molar-refractivity contribution in [2.24, 2.45) is 0 Å². The van der Waals surface area contributed by atoms with Gasteiger partial charge in [0.25, 0.3) is 0 Å². The molecule has 0 N–H and O–H groups in total. The Kier molecular flexibility index (Phi) is 5.08. The third-order valence-electron chi connectivity index (χ3n) is 8.25. The fourth-order valence-electron chi connectivity index (χ4n) is 6.04. The minimum absolute atomic E-state index is 0.0717. The van der Waals surface area contributed by atoms with Gasteiger partial charge in [0.05, 0.1) is 22.9 Å². The third-order valence-corrected chi connectivity index (χ3v) is 8.25. The Labute approximate surface area is 238 Å². The molecule has 0 bridgehead atoms. The van der Waals surface area contributed by atoms with Crippen LogP contribution in [0.5, 0.6) is 0 Å². The highest BCUT2D eigenvalue weighted by Gasteiger charge is 2.17. The van der Waals surface area contributed by atoms with E-state index in [1.807, 2.05) is 6.20 Å². The Hall–Kier alpha value is -5.02. The second kappa shape index (κ2) is 8.74. The van der Waals surface area contributed by atoms with Crippen molar-refractivity contribution in [3.8, 4) is 22.4 Å². The van der Waals surface area contributed by atoms with Gasteiger partial charge in [0.15, 0.2) is 0 Å². The lowest BCUT2D eigenvalue weighted by atomic mass is 9.86. The molecule has 8 aromatic rings. The van der Waals surface area contributed by atoms with E-state index in [1.54, 1.807) is 0 Å². The lowest BCUT2D eigenvalue weighted by Crippen LogP contribution is -2.10. The summed E-state index contributed by atoms with van der Waals surface area (Å²) >= 11 is 0. The van der Waals surface area contributed by atoms with Crippen LogP contribution in [0.25, 0.3) is 76.9 Å². The topological polar surface area (TPSA) is 38.9 Å². The average molecular weight is 529 g/mol. The quantitative estimate of drug-likeness (QED) is 0.210. The Morgan fingerprint density at radius 3 is 1.85 bits per heavy atom. The average Bonchev–Trinajstić information content (AvgIpc) is 3.38. The van der Waals surface area contributed by atoms with Crippen LogP contribution in [-0.2, 0) is 5.41 Å². The van der Waals surface area contributed by atoms with Gasteiger partial charge in [0.2, 0.25) is 0 Å². The molecule has 6 aromatic carbocycles. The van der Waals surface area contributed by atoms with Crippen molar-refractivity contribution >= 4 is 54.5 Å². The molecule has 196 valence electrons. The molecular weight excluding hydrogens is 500 g/mol. The van der Waals surface area contributed by atoms with Crippen LogP contribution in [-0.4, -0.2) is 9.97 Å². The summed E-state index contributed by atoms with van der Waals surface area (Å²) in [4.78, 5) is 10.2. The summed E-state index contributed by atoms with van der Waals surface area (Å²) in [5, 5.41) is 6.95. The number of hydrogen-bond acceptors (Lipinski definition) is 3. The number of aromatic nitrogens is 2. The molecule has 0 unspecified atom stereocenters. The summed E-state index contributed by atoms with van der Waals surface area (Å²) in [5.41, 5.74) is 9.26. The number of benzene rings is 6. The number of hydrogen-bond donors (Lipinski definition) is 0. The van der Waals surface area contributed by atoms with Crippen LogP contribution in [0.15, 0.2) is 120 Å². The van der Waals surface area contributed by atoms with E-state index in [1.165, 1.54) is 16.3 Å². The van der Waals surface area contributed by atoms with Crippen molar-refractivity contribution in [2.75, 3.05) is 0 Å². The van der Waals surface area contributed by atoms with Gasteiger partial charge in [-0.25, -0.2) is 4.98 Å². The molecule has 41 heavy (non-hydrogen) atoms. The van der Waals surface area contributed by atoms with Crippen LogP contribution in [0.1, 0.15) is 26.3 Å². The maximum Gasteiger partial charge on any atom is 0.135 e. The molecule has 2 aromatic heterocycles. The molecule has 0 spiro atoms. The Balaban J connectivity index is 1.27. The number of rotatable bonds is 2. The predicted octanol–water partition coefficient (Wildman–Crippen LogP) is 10.5. The molecule has 8 rings (SSSR count). The molecule has 0 amide bonds. The van der Waals surface area contributed by atoms with Gasteiger partial charge in [-0.1, -0.05) is 99.6 Å². The van der Waals surface area contributed by atoms with Crippen molar-refractivity contribution in [3.63, 3.8) is 0 Å². The molecule has 0 atom stereocenters. The van der Waals surface area contributed by atoms with E-state index in [2.05, 4.69) is 130 Å². The van der Waals surface area contributed by atoms with E-state index >= 15 is 0 Å². The van der Waals surface area contributed by atoms with Crippen LogP contribution in [0, 0.1) is 0 Å². The van der Waals surface area contributed by atoms with Crippen LogP contribution in [0.3, 0.4) is 0 Å². The summed E-state index contributed by atoms with van der Waals surface area (Å²) < 4.78 is 6.19. The highest BCUT2D eigenvalue weighted by Crippen LogP contribution is 2.37. The fourth-order valence-corrected chi connectivity index (χ4v) is 6.04. The zero-order chi connectivity index (χ0) is 27.7. The summed E-state index contributed by atoms with van der Waals surface area (Å²) in [6.45, 7) is 6.73. The van der Waals surface area contributed by atoms with Crippen LogP contribution >= 0.6 is 0 Å². The first-order valence-corrected chi connectivity index (χ1v) is 14.1. The van der Waals surface area contributed by atoms with E-state index in [9.17, 15) is 0 Å². The molecule has 0 aliphatic heterocycles. The summed E-state index contributed by atoms with van der Waals surface area (Å²) in [6.07, 6.45) is 1.91. The van der Waals surface area contributed by atoms with Crippen molar-refractivity contribution in [1.29, 1.82) is 0 Å². The maximum atomic E-state index is 6.19. The molecule has 0 aliphatic rings. The molecule has 3 heteroatoms. The summed E-state index contributed by atoms with van der Waals surface area (Å²) in [7, 11) is 0. The molecule has 0 saturated heterocycles. The summed E-state index contributed by atoms with van der Waals surface area (Å²) in [6, 6.07) is 38.5. The van der Waals surface area contributed by atoms with Gasteiger partial charge in [0.1, 0.15) is 11.2 Å². The Bertz CT molecular complexity index is 2270. The van der Waals surface area contributed by atoms with Crippen LogP contribution < -0.4 is 0 Å². The summed E-state index contributed by atoms with van der Waals surface area (Å²) in [5.74, 6) is 0. The van der Waals surface area contributed by atoms with E-state index in [0.717, 1.165) is 66.1 Å². The molecule has 0 fully saturated rings. The van der Waals surface area contributed by atoms with Crippen molar-refractivity contribution in [3.05, 3.63) is 121 Å². The van der Waals surface area contributed by atoms with Gasteiger partial charge in [-0.2, -0.15) is 0 Å². The van der Waals surface area contributed by atoms with E-state index in [4.69, 9.17) is 14.4 Å². The fraction of sp³-hybridized carbons (Fsp3) is 0.105. The lowest BCUT2D eigenvalue weighted by molar-refractivity contribution is 0.590. The molecular formula is C38H28N2O. The van der Waals surface area contributed by atoms with E-state index in [-0.39, 0.29) is 5.41 Å². The first kappa shape index (κ1) is 23.8. The van der Waals surface area contributed by atoms with Gasteiger partial charge in [-0.3, -0.25) is 4.98 Å². The minimum Gasteiger partial charge on any atom is -0.456 e. The van der Waals surface area contributed by atoms with Crippen molar-refractivity contribution in [2.45, 2.75) is 26.2 Å². The van der Waals surface area contributed by atoms with Crippen molar-refractivity contribution in [1.82, 2.24) is 9.97 Å². The van der Waals surface area contributed by atoms with E-state index in [0.29, 0.717) is 0 Å². The smallest absolute Gasteiger partial charge is 0.135 e. The molecule has 0 aliphatic carbocycles. The third kappa shape index (κ3) is 3.81. The van der Waals surface area contributed by atoms with Gasteiger partial charge in [0, 0.05) is 27.1 Å². The number of furan rings is 1. The SMILES string of the molecule is CC(C)(C)c1ccc2oc3ccc(-c4cccc(-c5cnc6c7ccccc7c7ccccc7c6n5)c4)cc3c2c1. The zero-order valence-electron chi connectivity index (χ0n) is 23.3. The first-order chi connectivity index (χ1) is 19.9. The van der Waals surface area contributed by atoms with Crippen molar-refractivity contribution < 1.29 is 4.42 Å². The molecule has 3 nitrogen and oxygen atoms in total. The second-order valence-corrected chi connectivity index (χ2v) is 11.9. The van der Waals surface area contributed by atoms with E-state index < -0.39 is 0 Å². The highest BCUT2D eigenvalue weighted by atomic mass is 16.3. The number of nitrogens with zero attached hydrogens (tertiary/aromatic N) is 2. The largest absolute Gasteiger partial charge is 0.456 e. The van der Waals surface area contributed by atoms with Crippen LogP contribution in [0.2, 0.25) is 0 Å². The first-order valence-electron chi connectivity index (χ1n) is 14.1. The lowest BCUT2D eigenvalue weighted by Gasteiger charge is -2.18. The molecule has 2 heterocycles. The highest BCUT2D eigenvalue weighted by molar-refractivity contribution is 6.23. The Morgan fingerprint density at radius 2 is 1.12 bits per heavy atom. The predicted molar refractivity (Wildman–Crippen MR) is 171 cm³/mol. The van der Waals surface area contributed by atoms with Gasteiger partial charge in [-0.15, -0.1) is 0 Å². The van der Waals surface area contributed by atoms with Gasteiger partial charge >= 0.3 is 0 Å². The monoisotopic (exact) mass is 528 g/mol. The normalized spacial score (nSPS) is 12.3. The standard InChI is InChI=1S/C38H28N2O/c1-38(2,3)26-16-18-35-32(21-26)31-20-24(15-17-34(31)41-35)23-9-8-10-25(19-23)33-22-39-36-29-13-6-4-11-27(29)28-12-5-7-14-30(28)37(36)40-33/h4-22H,1-3H3. The Morgan fingerprint density at radius 1 is 0.512 bits per heavy atom. The molecule has 0 saturated carbocycles.